The lowest BCUT2D eigenvalue weighted by molar-refractivity contribution is 0.214. The molecule has 106 valence electrons. The summed E-state index contributed by atoms with van der Waals surface area (Å²) in [6, 6.07) is 14.0. The molecule has 3 nitrogen and oxygen atoms in total. The summed E-state index contributed by atoms with van der Waals surface area (Å²) in [5.74, 6) is 0.433. The summed E-state index contributed by atoms with van der Waals surface area (Å²) < 4.78 is 19.1. The molecule has 0 aliphatic carbocycles. The SMILES string of the molecule is CN(C)c1cccc(OC(CN)c2cccc(F)c2)c1. The number of halogens is 1. The van der Waals surface area contributed by atoms with Crippen molar-refractivity contribution < 1.29 is 9.13 Å². The molecule has 0 aliphatic heterocycles. The Morgan fingerprint density at radius 3 is 2.55 bits per heavy atom. The fourth-order valence-electron chi connectivity index (χ4n) is 1.96. The van der Waals surface area contributed by atoms with E-state index in [9.17, 15) is 4.39 Å². The number of hydrogen-bond acceptors (Lipinski definition) is 3. The van der Waals surface area contributed by atoms with Gasteiger partial charge >= 0.3 is 0 Å². The average molecular weight is 274 g/mol. The van der Waals surface area contributed by atoms with Crippen LogP contribution < -0.4 is 15.4 Å². The monoisotopic (exact) mass is 274 g/mol. The third-order valence-electron chi connectivity index (χ3n) is 3.05. The molecule has 0 fully saturated rings. The summed E-state index contributed by atoms with van der Waals surface area (Å²) in [5, 5.41) is 0. The van der Waals surface area contributed by atoms with Gasteiger partial charge in [-0.3, -0.25) is 0 Å². The van der Waals surface area contributed by atoms with Gasteiger partial charge in [0.2, 0.25) is 0 Å². The Morgan fingerprint density at radius 2 is 1.90 bits per heavy atom. The Labute approximate surface area is 118 Å². The number of anilines is 1. The van der Waals surface area contributed by atoms with Crippen molar-refractivity contribution >= 4 is 5.69 Å². The smallest absolute Gasteiger partial charge is 0.136 e. The van der Waals surface area contributed by atoms with Crippen LogP contribution in [0.4, 0.5) is 10.1 Å². The zero-order chi connectivity index (χ0) is 14.5. The molecule has 2 aromatic rings. The highest BCUT2D eigenvalue weighted by atomic mass is 19.1. The minimum atomic E-state index is -0.358. The van der Waals surface area contributed by atoms with E-state index in [1.807, 2.05) is 49.3 Å². The van der Waals surface area contributed by atoms with E-state index in [4.69, 9.17) is 10.5 Å². The molecule has 0 aliphatic rings. The minimum absolute atomic E-state index is 0.286. The maximum atomic E-state index is 13.3. The second-order valence-electron chi connectivity index (χ2n) is 4.79. The average Bonchev–Trinajstić information content (AvgIpc) is 2.45. The molecule has 1 atom stereocenters. The van der Waals surface area contributed by atoms with E-state index >= 15 is 0 Å². The van der Waals surface area contributed by atoms with Crippen LogP contribution in [0.25, 0.3) is 0 Å². The lowest BCUT2D eigenvalue weighted by atomic mass is 10.1. The van der Waals surface area contributed by atoms with Gasteiger partial charge in [0.25, 0.3) is 0 Å². The van der Waals surface area contributed by atoms with Gasteiger partial charge in [0.1, 0.15) is 17.7 Å². The molecular formula is C16H19FN2O. The van der Waals surface area contributed by atoms with Gasteiger partial charge < -0.3 is 15.4 Å². The van der Waals surface area contributed by atoms with Crippen molar-refractivity contribution in [1.29, 1.82) is 0 Å². The Bertz CT molecular complexity index is 572. The lowest BCUT2D eigenvalue weighted by Gasteiger charge is -2.20. The molecule has 0 aromatic heterocycles. The van der Waals surface area contributed by atoms with Gasteiger partial charge in [-0.2, -0.15) is 0 Å². The Kier molecular flexibility index (Phi) is 4.58. The van der Waals surface area contributed by atoms with Gasteiger partial charge in [0.05, 0.1) is 0 Å². The van der Waals surface area contributed by atoms with E-state index in [1.165, 1.54) is 12.1 Å². The highest BCUT2D eigenvalue weighted by Crippen LogP contribution is 2.25. The van der Waals surface area contributed by atoms with Crippen LogP contribution in [0, 0.1) is 5.82 Å². The molecular weight excluding hydrogens is 255 g/mol. The first-order valence-electron chi connectivity index (χ1n) is 6.49. The molecule has 1 unspecified atom stereocenters. The molecule has 0 heterocycles. The summed E-state index contributed by atoms with van der Waals surface area (Å²) >= 11 is 0. The maximum Gasteiger partial charge on any atom is 0.136 e. The first-order chi connectivity index (χ1) is 9.60. The molecule has 0 saturated carbocycles. The van der Waals surface area contributed by atoms with Gasteiger partial charge in [-0.1, -0.05) is 18.2 Å². The largest absolute Gasteiger partial charge is 0.484 e. The van der Waals surface area contributed by atoms with Crippen molar-refractivity contribution in [2.75, 3.05) is 25.5 Å². The predicted octanol–water partition coefficient (Wildman–Crippen LogP) is 2.97. The van der Waals surface area contributed by atoms with E-state index in [1.54, 1.807) is 6.07 Å². The van der Waals surface area contributed by atoms with Crippen molar-refractivity contribution in [1.82, 2.24) is 0 Å². The van der Waals surface area contributed by atoms with Crippen LogP contribution >= 0.6 is 0 Å². The van der Waals surface area contributed by atoms with E-state index in [-0.39, 0.29) is 18.5 Å². The topological polar surface area (TPSA) is 38.5 Å². The van der Waals surface area contributed by atoms with Crippen molar-refractivity contribution in [2.24, 2.45) is 5.73 Å². The summed E-state index contributed by atoms with van der Waals surface area (Å²) in [7, 11) is 3.93. The number of benzene rings is 2. The van der Waals surface area contributed by atoms with E-state index in [0.29, 0.717) is 0 Å². The molecule has 0 saturated heterocycles. The van der Waals surface area contributed by atoms with Crippen LogP contribution in [0.1, 0.15) is 11.7 Å². The zero-order valence-electron chi connectivity index (χ0n) is 11.7. The first kappa shape index (κ1) is 14.3. The highest BCUT2D eigenvalue weighted by molar-refractivity contribution is 5.49. The maximum absolute atomic E-state index is 13.3. The van der Waals surface area contributed by atoms with Gasteiger partial charge in [-0.25, -0.2) is 4.39 Å². The minimum Gasteiger partial charge on any atom is -0.484 e. The van der Waals surface area contributed by atoms with Crippen LogP contribution in [0.5, 0.6) is 5.75 Å². The van der Waals surface area contributed by atoms with Crippen LogP contribution in [0.15, 0.2) is 48.5 Å². The summed E-state index contributed by atoms with van der Waals surface area (Å²) in [5.41, 5.74) is 7.52. The molecule has 0 amide bonds. The number of nitrogens with zero attached hydrogens (tertiary/aromatic N) is 1. The van der Waals surface area contributed by atoms with Crippen molar-refractivity contribution in [3.05, 3.63) is 59.9 Å². The summed E-state index contributed by atoms with van der Waals surface area (Å²) in [6.07, 6.45) is -0.358. The Morgan fingerprint density at radius 1 is 1.15 bits per heavy atom. The normalized spacial score (nSPS) is 12.0. The van der Waals surface area contributed by atoms with Crippen molar-refractivity contribution in [3.63, 3.8) is 0 Å². The van der Waals surface area contributed by atoms with Crippen LogP contribution in [0.3, 0.4) is 0 Å². The van der Waals surface area contributed by atoms with Gasteiger partial charge in [0.15, 0.2) is 0 Å². The number of nitrogens with two attached hydrogens (primary N) is 1. The fraction of sp³-hybridized carbons (Fsp3) is 0.250. The molecule has 2 aromatic carbocycles. The quantitative estimate of drug-likeness (QED) is 0.911. The second-order valence-corrected chi connectivity index (χ2v) is 4.79. The van der Waals surface area contributed by atoms with E-state index in [0.717, 1.165) is 17.0 Å². The molecule has 4 heteroatoms. The fourth-order valence-corrected chi connectivity index (χ4v) is 1.96. The zero-order valence-corrected chi connectivity index (χ0v) is 11.7. The van der Waals surface area contributed by atoms with Gasteiger partial charge in [-0.05, 0) is 29.8 Å². The molecule has 2 N–H and O–H groups in total. The predicted molar refractivity (Wildman–Crippen MR) is 79.6 cm³/mol. The van der Waals surface area contributed by atoms with Crippen LogP contribution in [0.2, 0.25) is 0 Å². The Hall–Kier alpha value is -2.07. The summed E-state index contributed by atoms with van der Waals surface area (Å²) in [6.45, 7) is 0.287. The number of hydrogen-bond donors (Lipinski definition) is 1. The summed E-state index contributed by atoms with van der Waals surface area (Å²) in [4.78, 5) is 1.99. The third kappa shape index (κ3) is 3.48. The molecule has 0 radical (unpaired) electrons. The number of ether oxygens (including phenoxy) is 1. The number of rotatable bonds is 5. The van der Waals surface area contributed by atoms with Crippen molar-refractivity contribution in [2.45, 2.75) is 6.10 Å². The van der Waals surface area contributed by atoms with Crippen molar-refractivity contribution in [3.8, 4) is 5.75 Å². The lowest BCUT2D eigenvalue weighted by Crippen LogP contribution is -2.18. The molecule has 0 spiro atoms. The molecule has 20 heavy (non-hydrogen) atoms. The highest BCUT2D eigenvalue weighted by Gasteiger charge is 2.12. The van der Waals surface area contributed by atoms with E-state index in [2.05, 4.69) is 0 Å². The van der Waals surface area contributed by atoms with Crippen LogP contribution in [-0.2, 0) is 0 Å². The molecule has 0 bridgehead atoms. The van der Waals surface area contributed by atoms with Crippen LogP contribution in [-0.4, -0.2) is 20.6 Å². The first-order valence-corrected chi connectivity index (χ1v) is 6.49. The Balaban J connectivity index is 2.20. The van der Waals surface area contributed by atoms with Gasteiger partial charge in [-0.15, -0.1) is 0 Å². The third-order valence-corrected chi connectivity index (χ3v) is 3.05. The molecule has 2 rings (SSSR count). The standard InChI is InChI=1S/C16H19FN2O/c1-19(2)14-7-4-8-15(10-14)20-16(11-18)12-5-3-6-13(17)9-12/h3-10,16H,11,18H2,1-2H3. The van der Waals surface area contributed by atoms with E-state index < -0.39 is 0 Å². The van der Waals surface area contributed by atoms with Gasteiger partial charge in [0, 0.05) is 32.4 Å². The second kappa shape index (κ2) is 6.39.